The molecular formula is C24H40O4. The fourth-order valence-electron chi connectivity index (χ4n) is 5.16. The molecule has 2 fully saturated rings. The first-order chi connectivity index (χ1) is 13.4. The Bertz CT molecular complexity index is 539. The molecule has 4 nitrogen and oxygen atoms in total. The van der Waals surface area contributed by atoms with Gasteiger partial charge in [-0.25, -0.2) is 0 Å². The van der Waals surface area contributed by atoms with Gasteiger partial charge < -0.3 is 15.3 Å². The van der Waals surface area contributed by atoms with Crippen molar-refractivity contribution in [2.75, 3.05) is 0 Å². The lowest BCUT2D eigenvalue weighted by molar-refractivity contribution is -0.137. The molecule has 28 heavy (non-hydrogen) atoms. The Morgan fingerprint density at radius 1 is 1.25 bits per heavy atom. The Morgan fingerprint density at radius 2 is 2.04 bits per heavy atom. The van der Waals surface area contributed by atoms with Gasteiger partial charge in [0.2, 0.25) is 0 Å². The summed E-state index contributed by atoms with van der Waals surface area (Å²) in [6, 6.07) is 0. The van der Waals surface area contributed by atoms with E-state index in [2.05, 4.69) is 26.0 Å². The van der Waals surface area contributed by atoms with Crippen LogP contribution in [0.25, 0.3) is 0 Å². The minimum atomic E-state index is -0.728. The van der Waals surface area contributed by atoms with Crippen LogP contribution in [0.5, 0.6) is 0 Å². The third kappa shape index (κ3) is 7.04. The molecule has 4 heteroatoms. The molecule has 0 amide bonds. The van der Waals surface area contributed by atoms with E-state index in [1.54, 1.807) is 0 Å². The summed E-state index contributed by atoms with van der Waals surface area (Å²) in [5.74, 6) is 0.980. The normalized spacial score (nSPS) is 30.8. The molecule has 0 radical (unpaired) electrons. The molecule has 160 valence electrons. The van der Waals surface area contributed by atoms with Crippen LogP contribution in [0, 0.1) is 23.7 Å². The third-order valence-corrected chi connectivity index (χ3v) is 6.81. The number of aliphatic hydroxyl groups excluding tert-OH is 2. The van der Waals surface area contributed by atoms with E-state index in [-0.39, 0.29) is 18.4 Å². The van der Waals surface area contributed by atoms with E-state index in [4.69, 9.17) is 5.11 Å². The highest BCUT2D eigenvalue weighted by molar-refractivity contribution is 5.66. The Balaban J connectivity index is 1.85. The lowest BCUT2D eigenvalue weighted by Gasteiger charge is -2.19. The monoisotopic (exact) mass is 392 g/mol. The predicted molar refractivity (Wildman–Crippen MR) is 113 cm³/mol. The van der Waals surface area contributed by atoms with Crippen molar-refractivity contribution in [3.8, 4) is 0 Å². The van der Waals surface area contributed by atoms with Crippen LogP contribution in [-0.2, 0) is 4.79 Å². The van der Waals surface area contributed by atoms with Crippen LogP contribution >= 0.6 is 0 Å². The zero-order valence-electron chi connectivity index (χ0n) is 17.7. The summed E-state index contributed by atoms with van der Waals surface area (Å²) >= 11 is 0. The van der Waals surface area contributed by atoms with E-state index in [0.717, 1.165) is 38.5 Å². The molecule has 2 saturated carbocycles. The van der Waals surface area contributed by atoms with E-state index < -0.39 is 12.1 Å². The fourth-order valence-corrected chi connectivity index (χ4v) is 5.16. The van der Waals surface area contributed by atoms with Crippen molar-refractivity contribution >= 4 is 5.97 Å². The Kier molecular flexibility index (Phi) is 9.73. The molecule has 2 aliphatic rings. The molecule has 0 aromatic heterocycles. The summed E-state index contributed by atoms with van der Waals surface area (Å²) in [4.78, 5) is 10.6. The van der Waals surface area contributed by atoms with Crippen molar-refractivity contribution in [3.05, 3.63) is 23.8 Å². The summed E-state index contributed by atoms with van der Waals surface area (Å²) < 4.78 is 0. The van der Waals surface area contributed by atoms with Gasteiger partial charge in [-0.15, -0.1) is 0 Å². The Hall–Kier alpha value is -1.13. The van der Waals surface area contributed by atoms with Crippen LogP contribution in [-0.4, -0.2) is 33.5 Å². The number of carbonyl (C=O) groups is 1. The predicted octanol–water partition coefficient (Wildman–Crippen LogP) is 5.10. The number of rotatable bonds is 12. The highest BCUT2D eigenvalue weighted by atomic mass is 16.4. The molecule has 0 bridgehead atoms. The molecular weight excluding hydrogens is 352 g/mol. The van der Waals surface area contributed by atoms with Crippen molar-refractivity contribution in [3.63, 3.8) is 0 Å². The van der Waals surface area contributed by atoms with Crippen molar-refractivity contribution in [2.45, 2.75) is 96.7 Å². The molecule has 0 spiro atoms. The molecule has 2 aliphatic carbocycles. The smallest absolute Gasteiger partial charge is 0.303 e. The van der Waals surface area contributed by atoms with Crippen LogP contribution in [0.4, 0.5) is 0 Å². The molecule has 0 aromatic carbocycles. The van der Waals surface area contributed by atoms with Gasteiger partial charge in [-0.3, -0.25) is 4.79 Å². The molecule has 0 heterocycles. The second-order valence-electron chi connectivity index (χ2n) is 8.97. The van der Waals surface area contributed by atoms with Gasteiger partial charge in [-0.1, -0.05) is 63.3 Å². The van der Waals surface area contributed by atoms with Crippen molar-refractivity contribution in [1.82, 2.24) is 0 Å². The minimum Gasteiger partial charge on any atom is -0.481 e. The Morgan fingerprint density at radius 3 is 2.71 bits per heavy atom. The minimum absolute atomic E-state index is 0.139. The highest BCUT2D eigenvalue weighted by Gasteiger charge is 2.44. The van der Waals surface area contributed by atoms with E-state index in [1.807, 2.05) is 6.08 Å². The maximum absolute atomic E-state index is 10.6. The number of hydrogen-bond donors (Lipinski definition) is 3. The number of aliphatic carboxylic acids is 1. The van der Waals surface area contributed by atoms with Crippen LogP contribution in [0.1, 0.15) is 84.5 Å². The summed E-state index contributed by atoms with van der Waals surface area (Å²) in [5.41, 5.74) is 1.43. The summed E-state index contributed by atoms with van der Waals surface area (Å²) in [6.45, 7) is 4.41. The van der Waals surface area contributed by atoms with E-state index >= 15 is 0 Å². The third-order valence-electron chi connectivity index (χ3n) is 6.81. The van der Waals surface area contributed by atoms with Crippen molar-refractivity contribution in [1.29, 1.82) is 0 Å². The molecule has 2 rings (SSSR count). The lowest BCUT2D eigenvalue weighted by atomic mass is 9.89. The lowest BCUT2D eigenvalue weighted by Crippen LogP contribution is -2.18. The SMILES string of the molecule is CCCCC(CC)C[C@@H](O)/C=C/[C@@H]1[C@H]2C/C(=C/CCCC(=O)O)C[C@@H]2C[C@H]1O. The van der Waals surface area contributed by atoms with Gasteiger partial charge in [0.25, 0.3) is 0 Å². The Labute approximate surface area is 170 Å². The number of carboxylic acid groups (broad SMARTS) is 1. The first-order valence-corrected chi connectivity index (χ1v) is 11.4. The van der Waals surface area contributed by atoms with Crippen LogP contribution in [0.15, 0.2) is 23.8 Å². The average Bonchev–Trinajstić information content (AvgIpc) is 3.16. The van der Waals surface area contributed by atoms with Gasteiger partial charge in [0.15, 0.2) is 0 Å². The van der Waals surface area contributed by atoms with Crippen molar-refractivity contribution < 1.29 is 20.1 Å². The fraction of sp³-hybridized carbons (Fsp3) is 0.792. The quantitative estimate of drug-likeness (QED) is 0.319. The molecule has 0 aliphatic heterocycles. The topological polar surface area (TPSA) is 77.8 Å². The second-order valence-corrected chi connectivity index (χ2v) is 8.97. The number of fused-ring (bicyclic) bond motifs is 1. The first kappa shape index (κ1) is 23.2. The summed E-state index contributed by atoms with van der Waals surface area (Å²) in [5, 5.41) is 29.7. The number of allylic oxidation sites excluding steroid dienone is 2. The van der Waals surface area contributed by atoms with Crippen LogP contribution in [0.3, 0.4) is 0 Å². The second kappa shape index (κ2) is 11.8. The molecule has 6 atom stereocenters. The number of carboxylic acids is 1. The zero-order valence-corrected chi connectivity index (χ0v) is 17.7. The van der Waals surface area contributed by atoms with Gasteiger partial charge in [-0.2, -0.15) is 0 Å². The van der Waals surface area contributed by atoms with E-state index in [9.17, 15) is 15.0 Å². The van der Waals surface area contributed by atoms with Gasteiger partial charge in [-0.05, 0) is 56.3 Å². The largest absolute Gasteiger partial charge is 0.481 e. The highest BCUT2D eigenvalue weighted by Crippen LogP contribution is 2.50. The average molecular weight is 393 g/mol. The molecule has 3 N–H and O–H groups in total. The molecule has 0 saturated heterocycles. The summed E-state index contributed by atoms with van der Waals surface area (Å²) in [7, 11) is 0. The number of unbranched alkanes of at least 4 members (excludes halogenated alkanes) is 2. The maximum Gasteiger partial charge on any atom is 0.303 e. The van der Waals surface area contributed by atoms with E-state index in [0.29, 0.717) is 24.2 Å². The number of hydrogen-bond acceptors (Lipinski definition) is 3. The van der Waals surface area contributed by atoms with E-state index in [1.165, 1.54) is 24.8 Å². The molecule has 1 unspecified atom stereocenters. The van der Waals surface area contributed by atoms with Crippen LogP contribution in [0.2, 0.25) is 0 Å². The maximum atomic E-state index is 10.6. The van der Waals surface area contributed by atoms with Gasteiger partial charge in [0.05, 0.1) is 12.2 Å². The van der Waals surface area contributed by atoms with Gasteiger partial charge in [0.1, 0.15) is 0 Å². The van der Waals surface area contributed by atoms with Gasteiger partial charge >= 0.3 is 5.97 Å². The number of aliphatic hydroxyl groups is 2. The van der Waals surface area contributed by atoms with Gasteiger partial charge in [0, 0.05) is 12.3 Å². The van der Waals surface area contributed by atoms with Crippen LogP contribution < -0.4 is 0 Å². The summed E-state index contributed by atoms with van der Waals surface area (Å²) in [6.07, 6.45) is 15.7. The zero-order chi connectivity index (χ0) is 20.5. The van der Waals surface area contributed by atoms with Crippen molar-refractivity contribution in [2.24, 2.45) is 23.7 Å². The standard InChI is InChI=1S/C24H40O4/c1-3-5-8-17(4-2)14-20(25)11-12-21-22-15-18(9-6-7-10-24(27)28)13-19(22)16-23(21)26/h9,11-12,17,19-23,25-26H,3-8,10,13-16H2,1-2H3,(H,27,28)/b12-11+,18-9+/t17?,19-,20+,21-,22+,23-/m1/s1. The first-order valence-electron chi connectivity index (χ1n) is 11.4. The molecule has 0 aromatic rings.